The molecule has 3 rings (SSSR count). The Morgan fingerprint density at radius 3 is 1.06 bits per heavy atom. The average Bonchev–Trinajstić information content (AvgIpc) is 2.77. The lowest BCUT2D eigenvalue weighted by Crippen LogP contribution is -2.05. The van der Waals surface area contributed by atoms with E-state index in [-0.39, 0.29) is 0 Å². The van der Waals surface area contributed by atoms with Crippen molar-refractivity contribution in [3.63, 3.8) is 0 Å². The van der Waals surface area contributed by atoms with Crippen LogP contribution < -0.4 is 13.6 Å². The molecular weight excluding hydrogens is 403 g/mol. The van der Waals surface area contributed by atoms with Crippen molar-refractivity contribution in [3.05, 3.63) is 108 Å². The summed E-state index contributed by atoms with van der Waals surface area (Å²) < 4.78 is 18.7. The van der Waals surface area contributed by atoms with Crippen LogP contribution in [0.1, 0.15) is 33.4 Å². The Bertz CT molecular complexity index is 976. The predicted octanol–water partition coefficient (Wildman–Crippen LogP) is 8.30. The van der Waals surface area contributed by atoms with E-state index < -0.39 is 8.60 Å². The first-order valence-corrected chi connectivity index (χ1v) is 11.1. The maximum atomic E-state index is 6.22. The quantitative estimate of drug-likeness (QED) is 0.320. The number of rotatable bonds is 9. The second-order valence-electron chi connectivity index (χ2n) is 7.18. The highest BCUT2D eigenvalue weighted by Gasteiger charge is 2.22. The molecule has 0 radical (unpaired) electrons. The van der Waals surface area contributed by atoms with Gasteiger partial charge in [-0.25, -0.2) is 0 Å². The van der Waals surface area contributed by atoms with Crippen LogP contribution in [0.2, 0.25) is 0 Å². The first kappa shape index (κ1) is 22.4. The second-order valence-corrected chi connectivity index (χ2v) is 8.18. The SMILES string of the molecule is C=Cc1ccc(OP(Oc2ccc(C=C)cc2C)Oc2ccc(C=C)cc2C)c(C)c1. The van der Waals surface area contributed by atoms with E-state index in [9.17, 15) is 0 Å². The van der Waals surface area contributed by atoms with Gasteiger partial charge in [0.05, 0.1) is 0 Å². The van der Waals surface area contributed by atoms with Crippen molar-refractivity contribution < 1.29 is 13.6 Å². The van der Waals surface area contributed by atoms with Gasteiger partial charge in [-0.05, 0) is 90.6 Å². The average molecular weight is 430 g/mol. The van der Waals surface area contributed by atoms with E-state index in [1.165, 1.54) is 0 Å². The van der Waals surface area contributed by atoms with Gasteiger partial charge in [0.2, 0.25) is 0 Å². The molecule has 3 nitrogen and oxygen atoms in total. The van der Waals surface area contributed by atoms with Gasteiger partial charge in [0.15, 0.2) is 0 Å². The maximum Gasteiger partial charge on any atom is 0.530 e. The molecule has 0 spiro atoms. The number of benzene rings is 3. The molecule has 3 aromatic carbocycles. The summed E-state index contributed by atoms with van der Waals surface area (Å²) in [4.78, 5) is 0. The highest BCUT2D eigenvalue weighted by molar-refractivity contribution is 7.43. The van der Waals surface area contributed by atoms with Crippen LogP contribution in [0.5, 0.6) is 17.2 Å². The maximum absolute atomic E-state index is 6.22. The van der Waals surface area contributed by atoms with Gasteiger partial charge in [0.25, 0.3) is 0 Å². The Morgan fingerprint density at radius 2 is 0.839 bits per heavy atom. The summed E-state index contributed by atoms with van der Waals surface area (Å²) >= 11 is 0. The van der Waals surface area contributed by atoms with Crippen LogP contribution in [-0.4, -0.2) is 0 Å². The number of aryl methyl sites for hydroxylation is 3. The molecule has 0 aliphatic rings. The molecule has 158 valence electrons. The topological polar surface area (TPSA) is 27.7 Å². The van der Waals surface area contributed by atoms with Crippen LogP contribution in [0, 0.1) is 20.8 Å². The Kier molecular flexibility index (Phi) is 7.33. The molecule has 0 aliphatic carbocycles. The molecule has 0 amide bonds. The fourth-order valence-corrected chi connectivity index (χ4v) is 4.21. The zero-order valence-corrected chi connectivity index (χ0v) is 19.1. The molecule has 0 unspecified atom stereocenters. The summed E-state index contributed by atoms with van der Waals surface area (Å²) in [5.41, 5.74) is 6.03. The third-order valence-electron chi connectivity index (χ3n) is 4.82. The summed E-state index contributed by atoms with van der Waals surface area (Å²) in [6.45, 7) is 17.4. The molecule has 0 fully saturated rings. The van der Waals surface area contributed by atoms with Crippen molar-refractivity contribution in [2.45, 2.75) is 20.8 Å². The Balaban J connectivity index is 1.92. The third-order valence-corrected chi connectivity index (χ3v) is 5.86. The predicted molar refractivity (Wildman–Crippen MR) is 133 cm³/mol. The molecule has 0 aromatic heterocycles. The minimum atomic E-state index is -1.76. The molecule has 0 saturated heterocycles. The largest absolute Gasteiger partial charge is 0.530 e. The molecular formula is C27H27O3P. The summed E-state index contributed by atoms with van der Waals surface area (Å²) in [5, 5.41) is 0. The molecule has 0 bridgehead atoms. The zero-order chi connectivity index (χ0) is 22.4. The summed E-state index contributed by atoms with van der Waals surface area (Å²) in [5.74, 6) is 2.12. The van der Waals surface area contributed by atoms with E-state index in [0.717, 1.165) is 33.4 Å². The number of hydrogen-bond donors (Lipinski definition) is 0. The van der Waals surface area contributed by atoms with E-state index >= 15 is 0 Å². The Morgan fingerprint density at radius 1 is 0.548 bits per heavy atom. The monoisotopic (exact) mass is 430 g/mol. The molecule has 3 aromatic rings. The minimum Gasteiger partial charge on any atom is -0.408 e. The highest BCUT2D eigenvalue weighted by atomic mass is 31.2. The lowest BCUT2D eigenvalue weighted by Gasteiger charge is -2.21. The first-order chi connectivity index (χ1) is 14.9. The van der Waals surface area contributed by atoms with Crippen molar-refractivity contribution >= 4 is 26.8 Å². The van der Waals surface area contributed by atoms with Gasteiger partial charge in [-0.1, -0.05) is 56.2 Å². The lowest BCUT2D eigenvalue weighted by atomic mass is 10.1. The van der Waals surface area contributed by atoms with Crippen molar-refractivity contribution in [1.29, 1.82) is 0 Å². The van der Waals surface area contributed by atoms with Gasteiger partial charge in [0.1, 0.15) is 17.2 Å². The molecule has 0 heterocycles. The molecule has 31 heavy (non-hydrogen) atoms. The first-order valence-electron chi connectivity index (χ1n) is 9.96. The normalized spacial score (nSPS) is 10.5. The second kappa shape index (κ2) is 10.1. The van der Waals surface area contributed by atoms with Crippen LogP contribution in [0.3, 0.4) is 0 Å². The van der Waals surface area contributed by atoms with Crippen molar-refractivity contribution in [2.24, 2.45) is 0 Å². The van der Waals surface area contributed by atoms with E-state index in [4.69, 9.17) is 13.6 Å². The van der Waals surface area contributed by atoms with Gasteiger partial charge < -0.3 is 13.6 Å². The molecule has 0 aliphatic heterocycles. The fourth-order valence-electron chi connectivity index (χ4n) is 3.00. The summed E-state index contributed by atoms with van der Waals surface area (Å²) in [6.07, 6.45) is 5.42. The van der Waals surface area contributed by atoms with E-state index in [1.807, 2.05) is 93.6 Å². The zero-order valence-electron chi connectivity index (χ0n) is 18.2. The smallest absolute Gasteiger partial charge is 0.408 e. The standard InChI is InChI=1S/C27H27O3P/c1-7-22-10-13-25(19(4)16-22)28-31(29-26-14-11-23(8-2)17-20(26)5)30-27-15-12-24(9-3)18-21(27)6/h7-18H,1-3H2,4-6H3. The summed E-state index contributed by atoms with van der Waals surface area (Å²) in [7, 11) is -1.76. The van der Waals surface area contributed by atoms with E-state index in [0.29, 0.717) is 17.2 Å². The van der Waals surface area contributed by atoms with Crippen molar-refractivity contribution in [3.8, 4) is 17.2 Å². The Hall–Kier alpha value is -3.29. The Labute approximate surface area is 186 Å². The molecule has 4 heteroatoms. The van der Waals surface area contributed by atoms with Crippen LogP contribution >= 0.6 is 8.60 Å². The molecule has 0 saturated carbocycles. The van der Waals surface area contributed by atoms with Gasteiger partial charge in [0, 0.05) is 0 Å². The van der Waals surface area contributed by atoms with Gasteiger partial charge in [-0.2, -0.15) is 0 Å². The van der Waals surface area contributed by atoms with Crippen LogP contribution in [0.25, 0.3) is 18.2 Å². The minimum absolute atomic E-state index is 0.706. The van der Waals surface area contributed by atoms with Crippen LogP contribution in [0.15, 0.2) is 74.3 Å². The van der Waals surface area contributed by atoms with Crippen molar-refractivity contribution in [1.82, 2.24) is 0 Å². The van der Waals surface area contributed by atoms with Crippen molar-refractivity contribution in [2.75, 3.05) is 0 Å². The van der Waals surface area contributed by atoms with Crippen LogP contribution in [-0.2, 0) is 0 Å². The summed E-state index contributed by atoms with van der Waals surface area (Å²) in [6, 6.07) is 17.7. The number of hydrogen-bond acceptors (Lipinski definition) is 3. The third kappa shape index (κ3) is 5.65. The van der Waals surface area contributed by atoms with Gasteiger partial charge >= 0.3 is 8.60 Å². The lowest BCUT2D eigenvalue weighted by molar-refractivity contribution is 0.385. The highest BCUT2D eigenvalue weighted by Crippen LogP contribution is 2.45. The molecule has 0 N–H and O–H groups in total. The van der Waals surface area contributed by atoms with Gasteiger partial charge in [-0.15, -0.1) is 0 Å². The van der Waals surface area contributed by atoms with E-state index in [2.05, 4.69) is 19.7 Å². The molecule has 0 atom stereocenters. The van der Waals surface area contributed by atoms with E-state index in [1.54, 1.807) is 0 Å². The fraction of sp³-hybridized carbons (Fsp3) is 0.111. The van der Waals surface area contributed by atoms with Gasteiger partial charge in [-0.3, -0.25) is 0 Å². The van der Waals surface area contributed by atoms with Crippen LogP contribution in [0.4, 0.5) is 0 Å².